The van der Waals surface area contributed by atoms with Crippen LogP contribution < -0.4 is 0 Å². The molecule has 0 aliphatic rings. The van der Waals surface area contributed by atoms with Gasteiger partial charge in [0.25, 0.3) is 0 Å². The third kappa shape index (κ3) is 763. The largest absolute Gasteiger partial charge is 0.0683 e. The van der Waals surface area contributed by atoms with E-state index in [9.17, 15) is 0 Å². The maximum Gasteiger partial charge on any atom is 0 e. The maximum absolute atomic E-state index is 2.12. The van der Waals surface area contributed by atoms with Crippen molar-refractivity contribution in [2.75, 3.05) is 0 Å². The Labute approximate surface area is 3340 Å². The molecule has 0 aliphatic carbocycles. The van der Waals surface area contributed by atoms with Gasteiger partial charge in [-0.3, -0.25) is 0 Å². The Kier molecular flexibility index (Phi) is 4830. The molecule has 0 saturated carbocycles. The van der Waals surface area contributed by atoms with Gasteiger partial charge in [0, 0.05) is 3400 Å². The molecule has 0 aromatic rings. The Morgan fingerprint density at radius 1 is 0.0583 bits per heavy atom. The predicted octanol–water partition coefficient (Wildman–Crippen LogP) is 6.30. The number of hydrogen-bond acceptors (Lipinski definition) is 0. The predicted molar refractivity (Wildman–Crippen MR) is 70.6 cm³/mol. The van der Waals surface area contributed by atoms with E-state index in [1.807, 2.05) is 27.7 Å². The maximum atomic E-state index is 2.12. The minimum atomic E-state index is 0. The molecule has 0 amide bonds. The second kappa shape index (κ2) is 731. The van der Waals surface area contributed by atoms with Crippen molar-refractivity contribution in [1.29, 1.82) is 0 Å². The molecule has 0 unspecified atom stereocenters. The standard InChI is InChI=1S/3C3H8.2C2H6.90Ar/c3*1-3-2;2*1-2;;;;;;;;;;;;;;;;;;;;;;;;;;;;;;;;;;;;;;;;;;;;;;;;;;;;;;;;;;;;;;;;;;;;;;;;;;;;;;;;;;;;;;;;;;/h3*3H2,1-2H3;2*1-2H3;;;;;;;;;;;;;;;;;;;;;;;;;;;;;;;;;;;;;;;;;;;;;;;;;;;;;;;;;;;;;;;;;;;;;;;;;;;;;;;;;;;;;;;;;;. The normalized spacial score (nSPS) is 0.641. The fraction of sp³-hybridized carbons (Fsp3) is 1.00. The SMILES string of the molecule is CC.CC.CCC.CCC.CCC.[Ar].[Ar].[Ar].[Ar].[Ar].[Ar].[Ar].[Ar].[Ar].[Ar].[Ar].[Ar].[Ar].[Ar].[Ar].[Ar].[Ar].[Ar].[Ar].[Ar].[Ar].[Ar].[Ar].[Ar].[Ar].[Ar].[Ar].[Ar].[Ar].[Ar].[Ar].[Ar].[Ar].[Ar].[Ar].[Ar].[Ar].[Ar].[Ar].[Ar].[Ar].[Ar].[Ar].[Ar].[Ar].[Ar].[Ar].[Ar].[Ar].[Ar].[Ar].[Ar].[Ar].[Ar].[Ar].[Ar].[Ar].[Ar].[Ar].[Ar].[Ar].[Ar].[Ar].[Ar].[Ar].[Ar].[Ar].[Ar].[Ar].[Ar].[Ar].[Ar].[Ar].[Ar].[Ar].[Ar].[Ar].[Ar].[Ar].[Ar].[Ar].[Ar].[Ar].[Ar].[Ar].[Ar].[Ar].[Ar].[Ar].[Ar]. The van der Waals surface area contributed by atoms with Crippen LogP contribution in [0.3, 0.4) is 0 Å². The average Bonchev–Trinajstić information content (AvgIpc) is 2.14. The molecule has 0 spiro atoms. The monoisotopic (exact) mass is 3790 g/mol. The smallest absolute Gasteiger partial charge is 0 e. The molecule has 0 heterocycles. The summed E-state index contributed by atoms with van der Waals surface area (Å²) >= 11 is 0. The van der Waals surface area contributed by atoms with E-state index in [1.54, 1.807) is 0 Å². The first-order chi connectivity index (χ1) is 6.24. The topological polar surface area (TPSA) is 0 Å². The fourth-order valence-electron chi connectivity index (χ4n) is 0. The molecular weight excluding hydrogens is 3750 g/mol. The summed E-state index contributed by atoms with van der Waals surface area (Å²) < 4.78 is 0. The molecule has 103 heavy (non-hydrogen) atoms. The summed E-state index contributed by atoms with van der Waals surface area (Å²) in [5, 5.41) is 0. The van der Waals surface area contributed by atoms with Crippen LogP contribution in [0.15, 0.2) is 0 Å². The van der Waals surface area contributed by atoms with E-state index in [-0.39, 0.29) is 3400 Å². The van der Waals surface area contributed by atoms with Crippen LogP contribution in [0.5, 0.6) is 0 Å². The second-order valence-corrected chi connectivity index (χ2v) is 2.12. The van der Waals surface area contributed by atoms with E-state index in [0.29, 0.717) is 0 Å². The number of hydrogen-bond donors (Lipinski definition) is 0. The van der Waals surface area contributed by atoms with Crippen molar-refractivity contribution in [2.45, 2.75) is 88.5 Å². The zero-order chi connectivity index (χ0) is 12.1. The van der Waals surface area contributed by atoms with Crippen LogP contribution in [0, 0.1) is 3400 Å². The molecule has 0 aliphatic heterocycles. The fourth-order valence-corrected chi connectivity index (χ4v) is 0. The molecule has 0 atom stereocenters. The minimum absolute atomic E-state index is 0. The van der Waals surface area contributed by atoms with E-state index in [4.69, 9.17) is 0 Å². The number of rotatable bonds is 0. The van der Waals surface area contributed by atoms with Gasteiger partial charge >= 0.3 is 0 Å². The molecule has 0 aromatic carbocycles. The molecule has 0 N–H and O–H groups in total. The van der Waals surface area contributed by atoms with E-state index in [2.05, 4.69) is 41.5 Å². The molecule has 0 saturated heterocycles. The van der Waals surface area contributed by atoms with Gasteiger partial charge in [0.15, 0.2) is 0 Å². The molecule has 0 aromatic heterocycles. The first-order valence-electron chi connectivity index (χ1n) is 6.24. The Balaban J connectivity index is -0.0000000000686. The van der Waals surface area contributed by atoms with Gasteiger partial charge in [0.1, 0.15) is 0 Å². The Morgan fingerprint density at radius 2 is 0.0583 bits per heavy atom. The summed E-state index contributed by atoms with van der Waals surface area (Å²) in [7, 11) is 0. The molecule has 0 radical (unpaired) electrons. The summed E-state index contributed by atoms with van der Waals surface area (Å²) in [4.78, 5) is 0. The minimum Gasteiger partial charge on any atom is -0.0683 e. The van der Waals surface area contributed by atoms with Crippen molar-refractivity contribution in [1.82, 2.24) is 0 Å². The summed E-state index contributed by atoms with van der Waals surface area (Å²) in [6.45, 7) is 20.8. The molecule has 0 fully saturated rings. The van der Waals surface area contributed by atoms with E-state index in [0.717, 1.165) is 0 Å². The first kappa shape index (κ1) is 681. The van der Waals surface area contributed by atoms with Gasteiger partial charge in [0.2, 0.25) is 0 Å². The van der Waals surface area contributed by atoms with E-state index < -0.39 is 0 Å². The van der Waals surface area contributed by atoms with Crippen molar-refractivity contribution in [3.05, 3.63) is 0 Å². The van der Waals surface area contributed by atoms with Gasteiger partial charge in [0.05, 0.1) is 0 Å². The Morgan fingerprint density at radius 3 is 0.0583 bits per heavy atom. The van der Waals surface area contributed by atoms with Gasteiger partial charge in [-0.25, -0.2) is 0 Å². The van der Waals surface area contributed by atoms with Crippen LogP contribution in [0.1, 0.15) is 88.5 Å². The van der Waals surface area contributed by atoms with Gasteiger partial charge in [-0.15, -0.1) is 0 Å². The third-order valence-corrected chi connectivity index (χ3v) is 0. The van der Waals surface area contributed by atoms with Crippen LogP contribution in [0.2, 0.25) is 0 Å². The van der Waals surface area contributed by atoms with Crippen molar-refractivity contribution in [2.24, 2.45) is 0 Å². The molecule has 0 nitrogen and oxygen atoms in total. The average molecular weight is 3790 g/mol. The quantitative estimate of drug-likeness (QED) is 0.268. The van der Waals surface area contributed by atoms with Gasteiger partial charge < -0.3 is 0 Å². The summed E-state index contributed by atoms with van der Waals surface area (Å²) in [6, 6.07) is 0. The summed E-state index contributed by atoms with van der Waals surface area (Å²) in [5.41, 5.74) is 0. The molecule has 0 bridgehead atoms. The summed E-state index contributed by atoms with van der Waals surface area (Å²) in [5.74, 6) is 0. The molecule has 90 heteroatoms. The van der Waals surface area contributed by atoms with Gasteiger partial charge in [-0.05, 0) is 0 Å². The van der Waals surface area contributed by atoms with Gasteiger partial charge in [-0.1, -0.05) is 88.5 Å². The molecular formula is C13H36Ar90. The van der Waals surface area contributed by atoms with Crippen LogP contribution in [0.25, 0.3) is 0 Å². The zero-order valence-corrected chi connectivity index (χ0v) is 108. The van der Waals surface area contributed by atoms with Crippen molar-refractivity contribution in [3.63, 3.8) is 0 Å². The second-order valence-electron chi connectivity index (χ2n) is 2.12. The molecule has 808 valence electrons. The Bertz CT molecular complexity index is 61.1. The van der Waals surface area contributed by atoms with E-state index in [1.165, 1.54) is 19.3 Å². The zero-order valence-electron chi connectivity index (χ0n) is 43.9. The first-order valence-corrected chi connectivity index (χ1v) is 6.24. The Hall–Kier alpha value is 113. The van der Waals surface area contributed by atoms with Crippen LogP contribution in [0.4, 0.5) is 0 Å². The van der Waals surface area contributed by atoms with Gasteiger partial charge in [-0.2, -0.15) is 0 Å². The summed E-state index contributed by atoms with van der Waals surface area (Å²) in [6.07, 6.45) is 3.75. The van der Waals surface area contributed by atoms with E-state index >= 15 is 0 Å². The van der Waals surface area contributed by atoms with Crippen molar-refractivity contribution in [3.8, 4) is 0 Å². The van der Waals surface area contributed by atoms with Crippen LogP contribution >= 0.6 is 0 Å². The van der Waals surface area contributed by atoms with Crippen LogP contribution in [-0.4, -0.2) is 0 Å². The third-order valence-electron chi connectivity index (χ3n) is 0. The van der Waals surface area contributed by atoms with Crippen LogP contribution in [-0.2, 0) is 0 Å². The molecule has 0 rings (SSSR count). The van der Waals surface area contributed by atoms with Crippen molar-refractivity contribution >= 4 is 0 Å². The van der Waals surface area contributed by atoms with Crippen molar-refractivity contribution < 1.29 is 3400 Å².